The molecule has 1 aliphatic carbocycles. The highest BCUT2D eigenvalue weighted by molar-refractivity contribution is 7.13. The van der Waals surface area contributed by atoms with E-state index in [1.807, 2.05) is 17.5 Å². The van der Waals surface area contributed by atoms with Crippen molar-refractivity contribution >= 4 is 39.9 Å². The first-order chi connectivity index (χ1) is 15.6. The van der Waals surface area contributed by atoms with E-state index < -0.39 is 0 Å². The van der Waals surface area contributed by atoms with Crippen molar-refractivity contribution in [1.82, 2.24) is 15.5 Å². The predicted octanol–water partition coefficient (Wildman–Crippen LogP) is 5.18. The number of hydrogen-bond acceptors (Lipinski definition) is 6. The van der Waals surface area contributed by atoms with Crippen molar-refractivity contribution in [3.05, 3.63) is 64.7 Å². The van der Waals surface area contributed by atoms with Crippen molar-refractivity contribution in [1.29, 1.82) is 0 Å². The molecule has 0 spiro atoms. The minimum Gasteiger partial charge on any atom is -0.349 e. The van der Waals surface area contributed by atoms with Gasteiger partial charge >= 0.3 is 0 Å². The van der Waals surface area contributed by atoms with E-state index in [2.05, 4.69) is 20.8 Å². The largest absolute Gasteiger partial charge is 0.349 e. The van der Waals surface area contributed by atoms with E-state index in [0.717, 1.165) is 30.6 Å². The van der Waals surface area contributed by atoms with Gasteiger partial charge in [-0.1, -0.05) is 36.2 Å². The third-order valence-electron chi connectivity index (χ3n) is 5.75. The molecule has 1 saturated carbocycles. The van der Waals surface area contributed by atoms with Crippen molar-refractivity contribution < 1.29 is 14.1 Å². The number of fused-ring (bicyclic) bond motifs is 1. The second-order valence-electron chi connectivity index (χ2n) is 7.94. The highest BCUT2D eigenvalue weighted by atomic mass is 32.1. The molecular weight excluding hydrogens is 424 g/mol. The Morgan fingerprint density at radius 3 is 2.66 bits per heavy atom. The van der Waals surface area contributed by atoms with Crippen LogP contribution < -0.4 is 10.6 Å². The molecule has 0 atom stereocenters. The Hall–Kier alpha value is -3.52. The van der Waals surface area contributed by atoms with Crippen molar-refractivity contribution in [2.45, 2.75) is 38.6 Å². The molecule has 162 valence electrons. The number of pyridine rings is 1. The van der Waals surface area contributed by atoms with Gasteiger partial charge in [-0.15, -0.1) is 11.3 Å². The zero-order chi connectivity index (χ0) is 22.1. The molecule has 2 amide bonds. The van der Waals surface area contributed by atoms with Crippen LogP contribution in [0.25, 0.3) is 21.7 Å². The molecule has 1 aliphatic rings. The lowest BCUT2D eigenvalue weighted by Crippen LogP contribution is -2.33. The quantitative estimate of drug-likeness (QED) is 0.440. The molecule has 7 nitrogen and oxygen atoms in total. The van der Waals surface area contributed by atoms with Gasteiger partial charge in [0.2, 0.25) is 0 Å². The summed E-state index contributed by atoms with van der Waals surface area (Å²) in [5.41, 5.74) is 2.85. The summed E-state index contributed by atoms with van der Waals surface area (Å²) in [4.78, 5) is 31.7. The monoisotopic (exact) mass is 446 g/mol. The van der Waals surface area contributed by atoms with E-state index in [9.17, 15) is 9.59 Å². The lowest BCUT2D eigenvalue weighted by Gasteiger charge is -2.15. The number of carbonyl (C=O) groups excluding carboxylic acids is 2. The first-order valence-electron chi connectivity index (χ1n) is 10.6. The van der Waals surface area contributed by atoms with E-state index in [1.165, 1.54) is 11.3 Å². The number of aryl methyl sites for hydroxylation is 1. The summed E-state index contributed by atoms with van der Waals surface area (Å²) in [6, 6.07) is 12.9. The van der Waals surface area contributed by atoms with Gasteiger partial charge in [0.15, 0.2) is 0 Å². The fraction of sp³-hybridized carbons (Fsp3) is 0.250. The van der Waals surface area contributed by atoms with Crippen LogP contribution in [0.4, 0.5) is 5.69 Å². The molecule has 3 aromatic heterocycles. The van der Waals surface area contributed by atoms with Crippen LogP contribution in [0.5, 0.6) is 0 Å². The summed E-state index contributed by atoms with van der Waals surface area (Å²) in [5, 5.41) is 12.5. The van der Waals surface area contributed by atoms with Gasteiger partial charge in [0.25, 0.3) is 17.5 Å². The summed E-state index contributed by atoms with van der Waals surface area (Å²) in [7, 11) is 0. The van der Waals surface area contributed by atoms with Crippen LogP contribution in [0, 0.1) is 6.92 Å². The van der Waals surface area contributed by atoms with Gasteiger partial charge < -0.3 is 15.2 Å². The number of para-hydroxylation sites is 1. The molecule has 0 aliphatic heterocycles. The van der Waals surface area contributed by atoms with Gasteiger partial charge in [-0.2, -0.15) is 0 Å². The Labute approximate surface area is 188 Å². The van der Waals surface area contributed by atoms with E-state index in [1.54, 1.807) is 37.3 Å². The summed E-state index contributed by atoms with van der Waals surface area (Å²) in [5.74, 6) is -0.518. The molecule has 0 unspecified atom stereocenters. The average Bonchev–Trinajstić information content (AvgIpc) is 3.56. The number of rotatable bonds is 5. The Balaban J connectivity index is 1.48. The molecule has 4 aromatic rings. The number of nitrogens with zero attached hydrogens (tertiary/aromatic N) is 2. The third kappa shape index (κ3) is 3.89. The normalized spacial score (nSPS) is 14.0. The first kappa shape index (κ1) is 20.4. The highest BCUT2D eigenvalue weighted by Crippen LogP contribution is 2.30. The maximum Gasteiger partial charge on any atom is 0.259 e. The number of aromatic nitrogens is 2. The number of anilines is 1. The zero-order valence-corrected chi connectivity index (χ0v) is 18.4. The highest BCUT2D eigenvalue weighted by Gasteiger charge is 2.23. The predicted molar refractivity (Wildman–Crippen MR) is 124 cm³/mol. The summed E-state index contributed by atoms with van der Waals surface area (Å²) < 4.78 is 5.36. The standard InChI is InChI=1S/C24H22N4O3S/c1-14-21-17(13-19(20-11-6-12-32-20)27-24(21)31-28-14)23(30)26-18-10-5-4-9-16(18)22(29)25-15-7-2-3-8-15/h4-6,9-13,15H,2-3,7-8H2,1H3,(H,25,29)(H,26,30). The second kappa shape index (κ2) is 8.55. The molecule has 1 aromatic carbocycles. The van der Waals surface area contributed by atoms with Crippen LogP contribution in [0.3, 0.4) is 0 Å². The second-order valence-corrected chi connectivity index (χ2v) is 8.88. The molecule has 3 heterocycles. The number of nitrogens with one attached hydrogen (secondary N) is 2. The third-order valence-corrected chi connectivity index (χ3v) is 6.64. The Kier molecular flexibility index (Phi) is 5.45. The first-order valence-corrected chi connectivity index (χ1v) is 11.5. The lowest BCUT2D eigenvalue weighted by atomic mass is 10.1. The SMILES string of the molecule is Cc1noc2nc(-c3cccs3)cc(C(=O)Nc3ccccc3C(=O)NC3CCCC3)c12. The Morgan fingerprint density at radius 1 is 1.06 bits per heavy atom. The molecule has 0 saturated heterocycles. The number of thiophene rings is 1. The van der Waals surface area contributed by atoms with Crippen LogP contribution >= 0.6 is 11.3 Å². The molecule has 2 N–H and O–H groups in total. The molecule has 32 heavy (non-hydrogen) atoms. The molecule has 0 bridgehead atoms. The molecule has 8 heteroatoms. The van der Waals surface area contributed by atoms with Crippen molar-refractivity contribution in [2.24, 2.45) is 0 Å². The molecule has 1 fully saturated rings. The minimum atomic E-state index is -0.345. The lowest BCUT2D eigenvalue weighted by molar-refractivity contribution is 0.0938. The van der Waals surface area contributed by atoms with Crippen LogP contribution in [0.1, 0.15) is 52.1 Å². The van der Waals surface area contributed by atoms with Crippen LogP contribution in [0.15, 0.2) is 52.4 Å². The molecular formula is C24H22N4O3S. The number of benzene rings is 1. The van der Waals surface area contributed by atoms with Crippen LogP contribution in [-0.4, -0.2) is 28.0 Å². The van der Waals surface area contributed by atoms with Gasteiger partial charge in [0, 0.05) is 6.04 Å². The number of hydrogen-bond donors (Lipinski definition) is 2. The summed E-state index contributed by atoms with van der Waals surface area (Å²) >= 11 is 1.53. The number of carbonyl (C=O) groups is 2. The van der Waals surface area contributed by atoms with Crippen molar-refractivity contribution in [3.8, 4) is 10.6 Å². The smallest absolute Gasteiger partial charge is 0.259 e. The van der Waals surface area contributed by atoms with Gasteiger partial charge in [-0.25, -0.2) is 4.98 Å². The average molecular weight is 447 g/mol. The minimum absolute atomic E-state index is 0.173. The Bertz CT molecular complexity index is 1290. The van der Waals surface area contributed by atoms with E-state index >= 15 is 0 Å². The van der Waals surface area contributed by atoms with Gasteiger partial charge in [0.05, 0.1) is 38.5 Å². The topological polar surface area (TPSA) is 97.1 Å². The van der Waals surface area contributed by atoms with E-state index in [-0.39, 0.29) is 17.9 Å². The van der Waals surface area contributed by atoms with Gasteiger partial charge in [0.1, 0.15) is 0 Å². The molecule has 0 radical (unpaired) electrons. The van der Waals surface area contributed by atoms with Gasteiger partial charge in [-0.05, 0) is 49.4 Å². The zero-order valence-electron chi connectivity index (χ0n) is 17.6. The van der Waals surface area contributed by atoms with Crippen molar-refractivity contribution in [3.63, 3.8) is 0 Å². The van der Waals surface area contributed by atoms with E-state index in [4.69, 9.17) is 4.52 Å². The maximum absolute atomic E-state index is 13.4. The fourth-order valence-corrected chi connectivity index (χ4v) is 4.82. The molecule has 5 rings (SSSR count). The number of amides is 2. The maximum atomic E-state index is 13.4. The van der Waals surface area contributed by atoms with Crippen LogP contribution in [-0.2, 0) is 0 Å². The van der Waals surface area contributed by atoms with Gasteiger partial charge in [-0.3, -0.25) is 9.59 Å². The fourth-order valence-electron chi connectivity index (χ4n) is 4.14. The van der Waals surface area contributed by atoms with Crippen LogP contribution in [0.2, 0.25) is 0 Å². The van der Waals surface area contributed by atoms with Crippen molar-refractivity contribution in [2.75, 3.05) is 5.32 Å². The summed E-state index contributed by atoms with van der Waals surface area (Å²) in [6.45, 7) is 1.78. The Morgan fingerprint density at radius 2 is 1.88 bits per heavy atom. The summed E-state index contributed by atoms with van der Waals surface area (Å²) in [6.07, 6.45) is 4.25. The van der Waals surface area contributed by atoms with E-state index in [0.29, 0.717) is 39.3 Å².